The van der Waals surface area contributed by atoms with Gasteiger partial charge in [0.25, 0.3) is 0 Å². The minimum absolute atomic E-state index is 0.249. The van der Waals surface area contributed by atoms with Crippen LogP contribution in [-0.4, -0.2) is 26.4 Å². The molecule has 0 aliphatic heterocycles. The van der Waals surface area contributed by atoms with Crippen LogP contribution in [0.5, 0.6) is 11.5 Å². The van der Waals surface area contributed by atoms with Gasteiger partial charge in [0.1, 0.15) is 18.1 Å². The molecule has 0 spiro atoms. The Kier molecular flexibility index (Phi) is 4.60. The zero-order valence-electron chi connectivity index (χ0n) is 13.5. The van der Waals surface area contributed by atoms with E-state index in [0.717, 1.165) is 11.3 Å². The lowest BCUT2D eigenvalue weighted by Gasteiger charge is -2.15. The van der Waals surface area contributed by atoms with Crippen LogP contribution in [0.3, 0.4) is 0 Å². The maximum atomic E-state index is 12.2. The molecule has 24 heavy (non-hydrogen) atoms. The first-order chi connectivity index (χ1) is 11.7. The summed E-state index contributed by atoms with van der Waals surface area (Å²) in [5.41, 5.74) is 1.00. The second-order valence-corrected chi connectivity index (χ2v) is 5.09. The van der Waals surface area contributed by atoms with Crippen LogP contribution >= 0.6 is 0 Å². The van der Waals surface area contributed by atoms with E-state index in [-0.39, 0.29) is 12.3 Å². The molecule has 2 aromatic carbocycles. The number of para-hydroxylation sites is 1. The smallest absolute Gasteiger partial charge is 0.368 e. The van der Waals surface area contributed by atoms with Gasteiger partial charge in [-0.25, -0.2) is 4.79 Å². The van der Waals surface area contributed by atoms with Gasteiger partial charge in [0.05, 0.1) is 17.9 Å². The first kappa shape index (κ1) is 15.8. The average Bonchev–Trinajstić information content (AvgIpc) is 2.94. The van der Waals surface area contributed by atoms with E-state index in [1.165, 1.54) is 9.36 Å². The number of ether oxygens (including phenoxy) is 2. The fourth-order valence-corrected chi connectivity index (χ4v) is 2.33. The normalized spacial score (nSPS) is 10.6. The van der Waals surface area contributed by atoms with Gasteiger partial charge < -0.3 is 9.47 Å². The predicted octanol–water partition coefficient (Wildman–Crippen LogP) is 1.94. The summed E-state index contributed by atoms with van der Waals surface area (Å²) in [4.78, 5) is 12.2. The molecule has 0 bridgehead atoms. The molecule has 7 nitrogen and oxygen atoms in total. The van der Waals surface area contributed by atoms with Gasteiger partial charge in [0.2, 0.25) is 0 Å². The lowest BCUT2D eigenvalue weighted by molar-refractivity contribution is 0.285. The maximum absolute atomic E-state index is 12.2. The molecule has 1 aromatic heterocycles. The van der Waals surface area contributed by atoms with Gasteiger partial charge in [-0.15, -0.1) is 0 Å². The minimum atomic E-state index is -0.329. The van der Waals surface area contributed by atoms with E-state index >= 15 is 0 Å². The molecule has 0 saturated heterocycles. The molecule has 0 aliphatic carbocycles. The van der Waals surface area contributed by atoms with Crippen LogP contribution in [0.15, 0.2) is 53.3 Å². The summed E-state index contributed by atoms with van der Waals surface area (Å²) in [6.45, 7) is 2.67. The van der Waals surface area contributed by atoms with Gasteiger partial charge in [0, 0.05) is 7.05 Å². The summed E-state index contributed by atoms with van der Waals surface area (Å²) in [7, 11) is 1.55. The number of nitrogens with zero attached hydrogens (tertiary/aromatic N) is 4. The fraction of sp³-hybridized carbons (Fsp3) is 0.235. The minimum Gasteiger partial charge on any atom is -0.493 e. The Balaban J connectivity index is 2.01. The van der Waals surface area contributed by atoms with Crippen molar-refractivity contribution in [3.05, 3.63) is 64.6 Å². The van der Waals surface area contributed by atoms with Crippen molar-refractivity contribution in [1.82, 2.24) is 19.8 Å². The molecular formula is C17H18N4O3. The molecular weight excluding hydrogens is 308 g/mol. The van der Waals surface area contributed by atoms with Crippen molar-refractivity contribution in [2.24, 2.45) is 7.05 Å². The van der Waals surface area contributed by atoms with Crippen LogP contribution < -0.4 is 15.2 Å². The summed E-state index contributed by atoms with van der Waals surface area (Å²) in [6.07, 6.45) is 0. The SMILES string of the molecule is CCOc1cccc(-n2nnn(C)c2=O)c1COc1ccccc1. The van der Waals surface area contributed by atoms with E-state index < -0.39 is 0 Å². The van der Waals surface area contributed by atoms with Gasteiger partial charge in [-0.2, -0.15) is 9.36 Å². The van der Waals surface area contributed by atoms with Gasteiger partial charge in [-0.3, -0.25) is 0 Å². The van der Waals surface area contributed by atoms with Crippen LogP contribution in [0.25, 0.3) is 5.69 Å². The Bertz CT molecular complexity index is 871. The van der Waals surface area contributed by atoms with E-state index in [1.54, 1.807) is 13.1 Å². The van der Waals surface area contributed by atoms with Crippen LogP contribution in [0.4, 0.5) is 0 Å². The van der Waals surface area contributed by atoms with Crippen molar-refractivity contribution in [2.75, 3.05) is 6.61 Å². The third-order valence-corrected chi connectivity index (χ3v) is 3.48. The lowest BCUT2D eigenvalue weighted by Crippen LogP contribution is -2.23. The highest BCUT2D eigenvalue weighted by molar-refractivity contribution is 5.49. The molecule has 0 radical (unpaired) electrons. The molecule has 0 fully saturated rings. The Morgan fingerprint density at radius 2 is 1.79 bits per heavy atom. The molecule has 0 saturated carbocycles. The quantitative estimate of drug-likeness (QED) is 0.692. The molecule has 7 heteroatoms. The highest BCUT2D eigenvalue weighted by Gasteiger charge is 2.16. The largest absolute Gasteiger partial charge is 0.493 e. The Morgan fingerprint density at radius 3 is 2.46 bits per heavy atom. The molecule has 124 valence electrons. The molecule has 0 N–H and O–H groups in total. The van der Waals surface area contributed by atoms with Gasteiger partial charge >= 0.3 is 5.69 Å². The number of tetrazole rings is 1. The van der Waals surface area contributed by atoms with Crippen molar-refractivity contribution in [2.45, 2.75) is 13.5 Å². The summed E-state index contributed by atoms with van der Waals surface area (Å²) in [6, 6.07) is 14.9. The lowest BCUT2D eigenvalue weighted by atomic mass is 10.1. The fourth-order valence-electron chi connectivity index (χ4n) is 2.33. The van der Waals surface area contributed by atoms with Crippen LogP contribution in [0.1, 0.15) is 12.5 Å². The first-order valence-corrected chi connectivity index (χ1v) is 7.62. The zero-order chi connectivity index (χ0) is 16.9. The Morgan fingerprint density at radius 1 is 1.00 bits per heavy atom. The van der Waals surface area contributed by atoms with Crippen LogP contribution in [0, 0.1) is 0 Å². The standard InChI is InChI=1S/C17H18N4O3/c1-3-23-16-11-7-10-15(21-17(22)20(2)18-19-21)14(16)12-24-13-8-5-4-6-9-13/h4-11H,3,12H2,1-2H3. The summed E-state index contributed by atoms with van der Waals surface area (Å²) in [5.74, 6) is 1.39. The number of rotatable bonds is 6. The second kappa shape index (κ2) is 6.99. The number of hydrogen-bond acceptors (Lipinski definition) is 5. The molecule has 3 aromatic rings. The van der Waals surface area contributed by atoms with Crippen molar-refractivity contribution >= 4 is 0 Å². The Hall–Kier alpha value is -3.09. The molecule has 3 rings (SSSR count). The Labute approximate surface area is 139 Å². The molecule has 0 atom stereocenters. The van der Waals surface area contributed by atoms with Gasteiger partial charge in [-0.05, 0) is 41.6 Å². The van der Waals surface area contributed by atoms with Crippen molar-refractivity contribution < 1.29 is 9.47 Å². The highest BCUT2D eigenvalue weighted by atomic mass is 16.5. The van der Waals surface area contributed by atoms with Gasteiger partial charge in [0.15, 0.2) is 0 Å². The molecule has 0 amide bonds. The van der Waals surface area contributed by atoms with Crippen LogP contribution in [0.2, 0.25) is 0 Å². The molecule has 0 unspecified atom stereocenters. The summed E-state index contributed by atoms with van der Waals surface area (Å²) < 4.78 is 13.9. The number of hydrogen-bond donors (Lipinski definition) is 0. The van der Waals surface area contributed by atoms with Crippen molar-refractivity contribution in [3.8, 4) is 17.2 Å². The van der Waals surface area contributed by atoms with Crippen LogP contribution in [-0.2, 0) is 13.7 Å². The van der Waals surface area contributed by atoms with E-state index in [9.17, 15) is 4.79 Å². The number of aryl methyl sites for hydroxylation is 1. The van der Waals surface area contributed by atoms with E-state index in [1.807, 2.05) is 49.4 Å². The van der Waals surface area contributed by atoms with Crippen molar-refractivity contribution in [1.29, 1.82) is 0 Å². The summed E-state index contributed by atoms with van der Waals surface area (Å²) in [5, 5.41) is 7.67. The van der Waals surface area contributed by atoms with Crippen molar-refractivity contribution in [3.63, 3.8) is 0 Å². The summed E-state index contributed by atoms with van der Waals surface area (Å²) >= 11 is 0. The number of benzene rings is 2. The third kappa shape index (κ3) is 3.15. The zero-order valence-corrected chi connectivity index (χ0v) is 13.5. The first-order valence-electron chi connectivity index (χ1n) is 7.62. The third-order valence-electron chi connectivity index (χ3n) is 3.48. The van der Waals surface area contributed by atoms with E-state index in [4.69, 9.17) is 9.47 Å². The van der Waals surface area contributed by atoms with E-state index in [0.29, 0.717) is 18.0 Å². The molecule has 1 heterocycles. The highest BCUT2D eigenvalue weighted by Crippen LogP contribution is 2.26. The second-order valence-electron chi connectivity index (χ2n) is 5.09. The monoisotopic (exact) mass is 326 g/mol. The van der Waals surface area contributed by atoms with E-state index in [2.05, 4.69) is 10.4 Å². The van der Waals surface area contributed by atoms with Gasteiger partial charge in [-0.1, -0.05) is 24.3 Å². The predicted molar refractivity (Wildman–Crippen MR) is 88.5 cm³/mol. The topological polar surface area (TPSA) is 71.2 Å². The average molecular weight is 326 g/mol. The molecule has 0 aliphatic rings. The maximum Gasteiger partial charge on any atom is 0.368 e. The number of aromatic nitrogens is 4.